The maximum absolute atomic E-state index is 11.8. The van der Waals surface area contributed by atoms with Crippen molar-refractivity contribution in [2.24, 2.45) is 5.73 Å². The number of carbonyl (C=O) groups is 2. The van der Waals surface area contributed by atoms with Crippen LogP contribution in [0.2, 0.25) is 0 Å². The van der Waals surface area contributed by atoms with Crippen LogP contribution >= 0.6 is 12.4 Å². The van der Waals surface area contributed by atoms with Gasteiger partial charge in [-0.25, -0.2) is 4.79 Å². The number of fused-ring (bicyclic) bond motifs is 1. The first kappa shape index (κ1) is 15.5. The van der Waals surface area contributed by atoms with E-state index in [-0.39, 0.29) is 24.9 Å². The van der Waals surface area contributed by atoms with Crippen LogP contribution in [0, 0.1) is 0 Å². The summed E-state index contributed by atoms with van der Waals surface area (Å²) in [7, 11) is 1.33. The number of amides is 1. The highest BCUT2D eigenvalue weighted by Gasteiger charge is 2.34. The molecule has 1 amide bonds. The van der Waals surface area contributed by atoms with Crippen LogP contribution in [0.15, 0.2) is 24.3 Å². The van der Waals surface area contributed by atoms with Gasteiger partial charge in [0.05, 0.1) is 13.7 Å². The van der Waals surface area contributed by atoms with Crippen molar-refractivity contribution in [3.05, 3.63) is 35.4 Å². The number of esters is 1. The van der Waals surface area contributed by atoms with Gasteiger partial charge < -0.3 is 15.4 Å². The van der Waals surface area contributed by atoms with Gasteiger partial charge in [0.25, 0.3) is 0 Å². The van der Waals surface area contributed by atoms with E-state index in [0.717, 1.165) is 11.1 Å². The number of nitrogens with two attached hydrogens (primary N) is 1. The molecule has 1 aromatic carbocycles. The fourth-order valence-electron chi connectivity index (χ4n) is 2.25. The van der Waals surface area contributed by atoms with Crippen molar-refractivity contribution in [2.45, 2.75) is 19.0 Å². The molecule has 19 heavy (non-hydrogen) atoms. The van der Waals surface area contributed by atoms with E-state index in [9.17, 15) is 9.59 Å². The summed E-state index contributed by atoms with van der Waals surface area (Å²) in [5.41, 5.74) is 7.52. The maximum atomic E-state index is 11.8. The lowest BCUT2D eigenvalue weighted by Crippen LogP contribution is -2.50. The number of benzene rings is 1. The summed E-state index contributed by atoms with van der Waals surface area (Å²) in [4.78, 5) is 25.0. The number of methoxy groups -OCH3 is 1. The number of hydrogen-bond acceptors (Lipinski definition) is 4. The third-order valence-electron chi connectivity index (χ3n) is 3.22. The molecule has 1 heterocycles. The number of halogens is 1. The van der Waals surface area contributed by atoms with E-state index in [2.05, 4.69) is 0 Å². The highest BCUT2D eigenvalue weighted by Crippen LogP contribution is 2.23. The van der Waals surface area contributed by atoms with E-state index < -0.39 is 12.0 Å². The van der Waals surface area contributed by atoms with Gasteiger partial charge in [0.1, 0.15) is 6.04 Å². The molecule has 0 spiro atoms. The predicted molar refractivity (Wildman–Crippen MR) is 72.8 cm³/mol. The molecular formula is C13H17ClN2O3. The lowest BCUT2D eigenvalue weighted by Gasteiger charge is -2.34. The van der Waals surface area contributed by atoms with E-state index in [0.29, 0.717) is 13.0 Å². The van der Waals surface area contributed by atoms with Crippen LogP contribution in [-0.4, -0.2) is 36.5 Å². The molecule has 1 atom stereocenters. The van der Waals surface area contributed by atoms with Crippen molar-refractivity contribution >= 4 is 24.3 Å². The average molecular weight is 285 g/mol. The molecular weight excluding hydrogens is 268 g/mol. The highest BCUT2D eigenvalue weighted by molar-refractivity contribution is 5.86. The largest absolute Gasteiger partial charge is 0.467 e. The summed E-state index contributed by atoms with van der Waals surface area (Å²) in [6.07, 6.45) is 0.481. The average Bonchev–Trinajstić information content (AvgIpc) is 2.44. The Balaban J connectivity index is 0.00000180. The molecule has 0 saturated heterocycles. The fourth-order valence-corrected chi connectivity index (χ4v) is 2.25. The molecule has 1 unspecified atom stereocenters. The molecule has 0 fully saturated rings. The Morgan fingerprint density at radius 1 is 1.37 bits per heavy atom. The minimum Gasteiger partial charge on any atom is -0.467 e. The van der Waals surface area contributed by atoms with Gasteiger partial charge in [-0.3, -0.25) is 4.79 Å². The van der Waals surface area contributed by atoms with E-state index >= 15 is 0 Å². The Kier molecular flexibility index (Phi) is 5.32. The summed E-state index contributed by atoms with van der Waals surface area (Å²) in [5.74, 6) is -0.633. The number of ether oxygens (including phenoxy) is 1. The monoisotopic (exact) mass is 284 g/mol. The van der Waals surface area contributed by atoms with E-state index in [1.807, 2.05) is 24.3 Å². The standard InChI is InChI=1S/C13H16N2O3.ClH/c1-18-13(17)11-6-9-4-2-3-5-10(9)8-15(11)12(16)7-14;/h2-5,11H,6-8,14H2,1H3;1H. The predicted octanol–water partition coefficient (Wildman–Crippen LogP) is 0.493. The second-order valence-electron chi connectivity index (χ2n) is 4.24. The fraction of sp³-hybridized carbons (Fsp3) is 0.385. The van der Waals surface area contributed by atoms with Gasteiger partial charge in [-0.1, -0.05) is 24.3 Å². The second kappa shape index (κ2) is 6.54. The molecule has 6 heteroatoms. The Hall–Kier alpha value is -1.59. The Labute approximate surface area is 118 Å². The molecule has 0 radical (unpaired) electrons. The topological polar surface area (TPSA) is 72.6 Å². The quantitative estimate of drug-likeness (QED) is 0.803. The normalized spacial score (nSPS) is 17.2. The molecule has 0 aliphatic carbocycles. The van der Waals surface area contributed by atoms with Crippen LogP contribution in [0.5, 0.6) is 0 Å². The van der Waals surface area contributed by atoms with E-state index in [4.69, 9.17) is 10.5 Å². The maximum Gasteiger partial charge on any atom is 0.328 e. The highest BCUT2D eigenvalue weighted by atomic mass is 35.5. The van der Waals surface area contributed by atoms with E-state index in [1.54, 1.807) is 0 Å². The first-order valence-electron chi connectivity index (χ1n) is 5.81. The summed E-state index contributed by atoms with van der Waals surface area (Å²) < 4.78 is 4.76. The van der Waals surface area contributed by atoms with Crippen molar-refractivity contribution in [1.29, 1.82) is 0 Å². The van der Waals surface area contributed by atoms with Gasteiger partial charge in [0.15, 0.2) is 0 Å². The minimum atomic E-state index is -0.569. The van der Waals surface area contributed by atoms with Crippen LogP contribution in [-0.2, 0) is 27.3 Å². The Morgan fingerprint density at radius 3 is 2.58 bits per heavy atom. The van der Waals surface area contributed by atoms with Gasteiger partial charge in [0, 0.05) is 13.0 Å². The Morgan fingerprint density at radius 2 is 2.00 bits per heavy atom. The van der Waals surface area contributed by atoms with Gasteiger partial charge in [-0.15, -0.1) is 12.4 Å². The van der Waals surface area contributed by atoms with Crippen LogP contribution in [0.1, 0.15) is 11.1 Å². The van der Waals surface area contributed by atoms with Gasteiger partial charge >= 0.3 is 5.97 Å². The second-order valence-corrected chi connectivity index (χ2v) is 4.24. The van der Waals surface area contributed by atoms with Crippen molar-refractivity contribution in [3.8, 4) is 0 Å². The molecule has 5 nitrogen and oxygen atoms in total. The molecule has 1 aliphatic rings. The van der Waals surface area contributed by atoms with Crippen molar-refractivity contribution in [3.63, 3.8) is 0 Å². The molecule has 0 aromatic heterocycles. The van der Waals surface area contributed by atoms with Gasteiger partial charge in [-0.05, 0) is 11.1 Å². The summed E-state index contributed by atoms with van der Waals surface area (Å²) >= 11 is 0. The molecule has 2 N–H and O–H groups in total. The van der Waals surface area contributed by atoms with Crippen LogP contribution in [0.4, 0.5) is 0 Å². The summed E-state index contributed by atoms with van der Waals surface area (Å²) in [6.45, 7) is 0.307. The number of rotatable bonds is 2. The van der Waals surface area contributed by atoms with Crippen molar-refractivity contribution in [1.82, 2.24) is 4.90 Å². The number of carbonyl (C=O) groups excluding carboxylic acids is 2. The van der Waals surface area contributed by atoms with Gasteiger partial charge in [-0.2, -0.15) is 0 Å². The molecule has 104 valence electrons. The first-order valence-corrected chi connectivity index (χ1v) is 5.81. The molecule has 1 aromatic rings. The molecule has 0 bridgehead atoms. The lowest BCUT2D eigenvalue weighted by molar-refractivity contribution is -0.153. The van der Waals surface area contributed by atoms with Crippen LogP contribution < -0.4 is 5.73 Å². The summed E-state index contributed by atoms with van der Waals surface area (Å²) in [5, 5.41) is 0. The lowest BCUT2D eigenvalue weighted by atomic mass is 9.94. The smallest absolute Gasteiger partial charge is 0.328 e. The van der Waals surface area contributed by atoms with Crippen LogP contribution in [0.25, 0.3) is 0 Å². The number of hydrogen-bond donors (Lipinski definition) is 1. The molecule has 2 rings (SSSR count). The minimum absolute atomic E-state index is 0. The van der Waals surface area contributed by atoms with Crippen LogP contribution in [0.3, 0.4) is 0 Å². The zero-order valence-electron chi connectivity index (χ0n) is 10.7. The third kappa shape index (κ3) is 3.05. The van der Waals surface area contributed by atoms with Gasteiger partial charge in [0.2, 0.25) is 5.91 Å². The zero-order valence-corrected chi connectivity index (χ0v) is 11.5. The third-order valence-corrected chi connectivity index (χ3v) is 3.22. The SMILES string of the molecule is COC(=O)C1Cc2ccccc2CN1C(=O)CN.Cl. The zero-order chi connectivity index (χ0) is 13.1. The Bertz CT molecular complexity index is 436. The molecule has 1 aliphatic heterocycles. The first-order chi connectivity index (χ1) is 8.67. The van der Waals surface area contributed by atoms with Crippen molar-refractivity contribution in [2.75, 3.05) is 13.7 Å². The van der Waals surface area contributed by atoms with E-state index in [1.165, 1.54) is 12.0 Å². The summed E-state index contributed by atoms with van der Waals surface area (Å²) in [6, 6.07) is 7.20. The molecule has 0 saturated carbocycles. The number of nitrogens with zero attached hydrogens (tertiary/aromatic N) is 1. The van der Waals surface area contributed by atoms with Crippen molar-refractivity contribution < 1.29 is 14.3 Å².